The number of thiazole rings is 1. The Bertz CT molecular complexity index is 891. The van der Waals surface area contributed by atoms with Gasteiger partial charge >= 0.3 is 0 Å². The molecule has 3 heterocycles. The highest BCUT2D eigenvalue weighted by Gasteiger charge is 2.22. The lowest BCUT2D eigenvalue weighted by atomic mass is 10.0. The zero-order chi connectivity index (χ0) is 19.2. The molecule has 2 aromatic heterocycles. The number of pyridine rings is 1. The van der Waals surface area contributed by atoms with E-state index in [1.165, 1.54) is 16.9 Å². The van der Waals surface area contributed by atoms with Gasteiger partial charge in [0.15, 0.2) is 5.13 Å². The Morgan fingerprint density at radius 2 is 1.86 bits per heavy atom. The summed E-state index contributed by atoms with van der Waals surface area (Å²) in [7, 11) is 0. The number of rotatable bonds is 6. The average Bonchev–Trinajstić information content (AvgIpc) is 3.20. The van der Waals surface area contributed by atoms with Crippen LogP contribution in [0.25, 0.3) is 0 Å². The smallest absolute Gasteiger partial charge is 0.263 e. The predicted octanol–water partition coefficient (Wildman–Crippen LogP) is 3.68. The summed E-state index contributed by atoms with van der Waals surface area (Å²) >= 11 is 1.34. The van der Waals surface area contributed by atoms with Crippen molar-refractivity contribution in [3.05, 3.63) is 71.4 Å². The third-order valence-corrected chi connectivity index (χ3v) is 5.71. The van der Waals surface area contributed by atoms with Gasteiger partial charge < -0.3 is 10.6 Å². The molecule has 0 spiro atoms. The van der Waals surface area contributed by atoms with Crippen LogP contribution in [0.2, 0.25) is 0 Å². The number of amides is 1. The highest BCUT2D eigenvalue weighted by Crippen LogP contribution is 2.22. The first-order valence-electron chi connectivity index (χ1n) is 9.47. The van der Waals surface area contributed by atoms with Crippen LogP contribution in [0.3, 0.4) is 0 Å². The number of likely N-dealkylation sites (tertiary alicyclic amines) is 1. The number of anilines is 2. The number of benzene rings is 1. The second-order valence-corrected chi connectivity index (χ2v) is 7.91. The molecule has 1 aliphatic heterocycles. The predicted molar refractivity (Wildman–Crippen MR) is 112 cm³/mol. The van der Waals surface area contributed by atoms with Crippen molar-refractivity contribution in [1.29, 1.82) is 0 Å². The summed E-state index contributed by atoms with van der Waals surface area (Å²) in [6, 6.07) is 16.4. The largest absolute Gasteiger partial charge is 0.348 e. The summed E-state index contributed by atoms with van der Waals surface area (Å²) < 4.78 is 0. The van der Waals surface area contributed by atoms with Crippen LogP contribution in [-0.4, -0.2) is 39.9 Å². The van der Waals surface area contributed by atoms with E-state index in [4.69, 9.17) is 0 Å². The number of carbonyl (C=O) groups excluding carboxylic acids is 1. The highest BCUT2D eigenvalue weighted by atomic mass is 32.1. The molecule has 0 atom stereocenters. The van der Waals surface area contributed by atoms with E-state index in [0.29, 0.717) is 10.0 Å². The van der Waals surface area contributed by atoms with Gasteiger partial charge in [0.25, 0.3) is 5.91 Å². The second-order valence-electron chi connectivity index (χ2n) is 6.88. The third-order valence-electron chi connectivity index (χ3n) is 4.80. The van der Waals surface area contributed by atoms with Gasteiger partial charge in [-0.25, -0.2) is 9.97 Å². The first kappa shape index (κ1) is 18.6. The molecule has 1 aromatic carbocycles. The van der Waals surface area contributed by atoms with E-state index in [9.17, 15) is 4.79 Å². The van der Waals surface area contributed by atoms with Crippen LogP contribution in [0.4, 0.5) is 10.9 Å². The van der Waals surface area contributed by atoms with Crippen molar-refractivity contribution in [2.24, 2.45) is 0 Å². The first-order valence-corrected chi connectivity index (χ1v) is 10.3. The number of aromatic nitrogens is 2. The van der Waals surface area contributed by atoms with Crippen molar-refractivity contribution < 1.29 is 4.79 Å². The molecule has 1 fully saturated rings. The Morgan fingerprint density at radius 1 is 1.07 bits per heavy atom. The minimum atomic E-state index is -0.0481. The van der Waals surface area contributed by atoms with Gasteiger partial charge in [0.05, 0.1) is 6.20 Å². The zero-order valence-electron chi connectivity index (χ0n) is 15.5. The lowest BCUT2D eigenvalue weighted by Gasteiger charge is -2.32. The average molecular weight is 394 g/mol. The molecule has 3 aromatic rings. The molecule has 0 unspecified atom stereocenters. The lowest BCUT2D eigenvalue weighted by Crippen LogP contribution is -2.44. The van der Waals surface area contributed by atoms with E-state index in [1.807, 2.05) is 24.3 Å². The van der Waals surface area contributed by atoms with E-state index >= 15 is 0 Å². The van der Waals surface area contributed by atoms with Crippen LogP contribution in [0.5, 0.6) is 0 Å². The van der Waals surface area contributed by atoms with E-state index in [0.717, 1.165) is 38.3 Å². The third kappa shape index (κ3) is 4.94. The number of hydrogen-bond acceptors (Lipinski definition) is 6. The summed E-state index contributed by atoms with van der Waals surface area (Å²) in [6.45, 7) is 2.96. The molecular formula is C21H23N5OS. The van der Waals surface area contributed by atoms with Crippen molar-refractivity contribution in [2.75, 3.05) is 18.4 Å². The maximum absolute atomic E-state index is 12.6. The highest BCUT2D eigenvalue weighted by molar-refractivity contribution is 7.17. The number of nitrogens with zero attached hydrogens (tertiary/aromatic N) is 3. The molecule has 0 saturated carbocycles. The molecule has 144 valence electrons. The fourth-order valence-corrected chi connectivity index (χ4v) is 4.04. The van der Waals surface area contributed by atoms with Crippen LogP contribution >= 0.6 is 11.3 Å². The van der Waals surface area contributed by atoms with Crippen molar-refractivity contribution in [3.63, 3.8) is 0 Å². The van der Waals surface area contributed by atoms with Crippen molar-refractivity contribution in [3.8, 4) is 0 Å². The number of hydrogen-bond donors (Lipinski definition) is 2. The van der Waals surface area contributed by atoms with Gasteiger partial charge in [-0.1, -0.05) is 47.7 Å². The standard InChI is InChI=1S/C21H23N5OS/c27-20(18-14-23-21(28-18)25-19-8-4-5-11-22-19)24-17-9-12-26(13-10-17)15-16-6-2-1-3-7-16/h1-8,11,14,17H,9-10,12-13,15H2,(H,24,27)(H,22,23,25). The van der Waals surface area contributed by atoms with Crippen LogP contribution in [0.1, 0.15) is 28.1 Å². The second kappa shape index (κ2) is 8.95. The minimum absolute atomic E-state index is 0.0481. The Balaban J connectivity index is 1.26. The van der Waals surface area contributed by atoms with Crippen molar-refractivity contribution in [2.45, 2.75) is 25.4 Å². The Hall–Kier alpha value is -2.77. The molecule has 2 N–H and O–H groups in total. The molecule has 7 heteroatoms. The first-order chi connectivity index (χ1) is 13.8. The normalized spacial score (nSPS) is 15.3. The molecular weight excluding hydrogens is 370 g/mol. The van der Waals surface area contributed by atoms with Gasteiger partial charge in [-0.15, -0.1) is 0 Å². The zero-order valence-corrected chi connectivity index (χ0v) is 16.4. The molecule has 1 saturated heterocycles. The van der Waals surface area contributed by atoms with E-state index in [2.05, 4.69) is 49.8 Å². The molecule has 0 radical (unpaired) electrons. The van der Waals surface area contributed by atoms with Crippen LogP contribution < -0.4 is 10.6 Å². The molecule has 6 nitrogen and oxygen atoms in total. The van der Waals surface area contributed by atoms with Crippen molar-refractivity contribution in [1.82, 2.24) is 20.2 Å². The van der Waals surface area contributed by atoms with Crippen LogP contribution in [0, 0.1) is 0 Å². The Morgan fingerprint density at radius 3 is 2.61 bits per heavy atom. The summed E-state index contributed by atoms with van der Waals surface area (Å²) in [5.41, 5.74) is 1.34. The number of nitrogens with one attached hydrogen (secondary N) is 2. The maximum Gasteiger partial charge on any atom is 0.263 e. The Kier molecular flexibility index (Phi) is 5.94. The van der Waals surface area contributed by atoms with Gasteiger partial charge in [-0.2, -0.15) is 0 Å². The topological polar surface area (TPSA) is 70.2 Å². The van der Waals surface area contributed by atoms with Gasteiger partial charge in [-0.3, -0.25) is 9.69 Å². The SMILES string of the molecule is O=C(NC1CCN(Cc2ccccc2)CC1)c1cnc(Nc2ccccn2)s1. The minimum Gasteiger partial charge on any atom is -0.348 e. The van der Waals surface area contributed by atoms with E-state index < -0.39 is 0 Å². The summed E-state index contributed by atoms with van der Waals surface area (Å²) in [4.78, 5) is 24.1. The summed E-state index contributed by atoms with van der Waals surface area (Å²) in [5, 5.41) is 6.95. The quantitative estimate of drug-likeness (QED) is 0.669. The van der Waals surface area contributed by atoms with Gasteiger partial charge in [-0.05, 0) is 30.5 Å². The number of piperidine rings is 1. The molecule has 1 aliphatic rings. The molecule has 0 bridgehead atoms. The van der Waals surface area contributed by atoms with Crippen molar-refractivity contribution >= 4 is 28.2 Å². The fraction of sp³-hybridized carbons (Fsp3) is 0.286. The number of carbonyl (C=O) groups is 1. The summed E-state index contributed by atoms with van der Waals surface area (Å²) in [6.07, 6.45) is 5.27. The fourth-order valence-electron chi connectivity index (χ4n) is 3.32. The van der Waals surface area contributed by atoms with Crippen LogP contribution in [0.15, 0.2) is 60.9 Å². The molecule has 0 aliphatic carbocycles. The van der Waals surface area contributed by atoms with Gasteiger partial charge in [0.2, 0.25) is 0 Å². The van der Waals surface area contributed by atoms with Crippen LogP contribution in [-0.2, 0) is 6.54 Å². The van der Waals surface area contributed by atoms with Gasteiger partial charge in [0.1, 0.15) is 10.7 Å². The van der Waals surface area contributed by atoms with E-state index in [1.54, 1.807) is 12.4 Å². The molecule has 28 heavy (non-hydrogen) atoms. The molecule has 1 amide bonds. The summed E-state index contributed by atoms with van der Waals surface area (Å²) in [5.74, 6) is 0.669. The van der Waals surface area contributed by atoms with Gasteiger partial charge in [0, 0.05) is 31.9 Å². The molecule has 4 rings (SSSR count). The lowest BCUT2D eigenvalue weighted by molar-refractivity contribution is 0.0913. The maximum atomic E-state index is 12.6. The Labute approximate surface area is 168 Å². The van der Waals surface area contributed by atoms with E-state index in [-0.39, 0.29) is 11.9 Å². The monoisotopic (exact) mass is 393 g/mol.